The molecule has 0 aliphatic rings. The number of thiazole rings is 1. The first-order valence-corrected chi connectivity index (χ1v) is 11.6. The fourth-order valence-electron chi connectivity index (χ4n) is 3.20. The van der Waals surface area contributed by atoms with Gasteiger partial charge >= 0.3 is 12.1 Å². The summed E-state index contributed by atoms with van der Waals surface area (Å²) in [6, 6.07) is 8.98. The van der Waals surface area contributed by atoms with E-state index >= 15 is 0 Å². The number of hydrogen-bond donors (Lipinski definition) is 0. The molecule has 0 spiro atoms. The van der Waals surface area contributed by atoms with Gasteiger partial charge in [-0.15, -0.1) is 11.3 Å². The van der Waals surface area contributed by atoms with Crippen molar-refractivity contribution in [2.45, 2.75) is 25.4 Å². The van der Waals surface area contributed by atoms with E-state index in [-0.39, 0.29) is 23.6 Å². The Labute approximate surface area is 211 Å². The minimum absolute atomic E-state index is 0.0413. The van der Waals surface area contributed by atoms with Crippen molar-refractivity contribution in [1.29, 1.82) is 0 Å². The van der Waals surface area contributed by atoms with Gasteiger partial charge in [0.25, 0.3) is 0 Å². The molecule has 0 radical (unpaired) electrons. The molecule has 2 heterocycles. The molecular formula is C24H18F5N6OS+. The average Bonchev–Trinajstić information content (AvgIpc) is 3.52. The molecule has 37 heavy (non-hydrogen) atoms. The molecule has 0 bridgehead atoms. The average molecular weight is 534 g/mol. The summed E-state index contributed by atoms with van der Waals surface area (Å²) in [5, 5.41) is 9.98. The van der Waals surface area contributed by atoms with Crippen molar-refractivity contribution in [3.8, 4) is 16.9 Å². The lowest BCUT2D eigenvalue weighted by atomic mass is 9.95. The maximum absolute atomic E-state index is 14.1. The van der Waals surface area contributed by atoms with E-state index in [2.05, 4.69) is 25.1 Å². The highest BCUT2D eigenvalue weighted by Crippen LogP contribution is 2.31. The van der Waals surface area contributed by atoms with E-state index in [0.717, 1.165) is 33.6 Å². The lowest BCUT2D eigenvalue weighted by Crippen LogP contribution is -2.21. The Morgan fingerprint density at radius 3 is 2.49 bits per heavy atom. The van der Waals surface area contributed by atoms with Crippen molar-refractivity contribution in [3.63, 3.8) is 0 Å². The Bertz CT molecular complexity index is 1500. The second-order valence-corrected chi connectivity index (χ2v) is 9.44. The van der Waals surface area contributed by atoms with E-state index in [0.29, 0.717) is 11.9 Å². The summed E-state index contributed by atoms with van der Waals surface area (Å²) >= 11 is 1.40. The van der Waals surface area contributed by atoms with Gasteiger partial charge in [-0.05, 0) is 42.5 Å². The van der Waals surface area contributed by atoms with Gasteiger partial charge < -0.3 is 4.57 Å². The number of imidazole rings is 1. The number of hydrogen-bond acceptors (Lipinski definition) is 5. The molecule has 0 fully saturated rings. The van der Waals surface area contributed by atoms with Gasteiger partial charge in [0.2, 0.25) is 10.0 Å². The van der Waals surface area contributed by atoms with Crippen LogP contribution in [-0.4, -0.2) is 27.0 Å². The van der Waals surface area contributed by atoms with Gasteiger partial charge in [0, 0.05) is 22.6 Å². The Balaban J connectivity index is 1.47. The number of rotatable bonds is 6. The van der Waals surface area contributed by atoms with Crippen LogP contribution in [-0.2, 0) is 11.6 Å². The third kappa shape index (κ3) is 6.19. The maximum Gasteiger partial charge on any atom is 0.434 e. The molecule has 4 rings (SSSR count). The number of amides is 1. The first-order valence-electron chi connectivity index (χ1n) is 10.7. The van der Waals surface area contributed by atoms with E-state index in [1.54, 1.807) is 12.1 Å². The zero-order valence-electron chi connectivity index (χ0n) is 19.4. The second kappa shape index (κ2) is 10.1. The monoisotopic (exact) mass is 533 g/mol. The number of alkyl halides is 3. The summed E-state index contributed by atoms with van der Waals surface area (Å²) in [7, 11) is 0. The summed E-state index contributed by atoms with van der Waals surface area (Å²) < 4.78 is 66.6. The van der Waals surface area contributed by atoms with Gasteiger partial charge in [0.1, 0.15) is 28.3 Å². The topological polar surface area (TPSA) is 86.6 Å². The molecule has 0 saturated heterocycles. The van der Waals surface area contributed by atoms with Crippen LogP contribution in [0.2, 0.25) is 0 Å². The van der Waals surface area contributed by atoms with E-state index in [4.69, 9.17) is 0 Å². The van der Waals surface area contributed by atoms with Crippen LogP contribution in [0.15, 0.2) is 70.6 Å². The number of carbonyl (C=O) groups excluding carboxylic acids is 1. The number of nitrogens with zero attached hydrogens (tertiary/aromatic N) is 6. The molecule has 2 aromatic heterocycles. The Kier molecular flexibility index (Phi) is 7.10. The highest BCUT2D eigenvalue weighted by atomic mass is 32.1. The minimum atomic E-state index is -4.66. The van der Waals surface area contributed by atoms with Gasteiger partial charge in [0.05, 0.1) is 23.3 Å². The van der Waals surface area contributed by atoms with Gasteiger partial charge in [-0.1, -0.05) is 13.8 Å². The molecular weight excluding hydrogens is 515 g/mol. The van der Waals surface area contributed by atoms with E-state index in [1.807, 2.05) is 19.2 Å². The van der Waals surface area contributed by atoms with Crippen molar-refractivity contribution >= 4 is 17.2 Å². The number of carbonyl (C=O) groups is 1. The molecule has 0 saturated carbocycles. The molecule has 0 N–H and O–H groups in total. The van der Waals surface area contributed by atoms with Crippen molar-refractivity contribution in [3.05, 3.63) is 88.3 Å². The summed E-state index contributed by atoms with van der Waals surface area (Å²) in [6.07, 6.45) is -3.12. The normalized spacial score (nSPS) is 11.8. The lowest BCUT2D eigenvalue weighted by molar-refractivity contribution is -0.140. The maximum atomic E-state index is 14.1. The van der Waals surface area contributed by atoms with Gasteiger partial charge in [-0.3, -0.25) is 4.79 Å². The lowest BCUT2D eigenvalue weighted by Gasteiger charge is -2.15. The van der Waals surface area contributed by atoms with Gasteiger partial charge in [0.15, 0.2) is 5.69 Å². The van der Waals surface area contributed by atoms with Crippen LogP contribution in [0.1, 0.15) is 34.9 Å². The number of aromatic nitrogens is 3. The molecule has 0 unspecified atom stereocenters. The summed E-state index contributed by atoms with van der Waals surface area (Å²) in [4.78, 5) is 23.8. The third-order valence-corrected chi connectivity index (χ3v) is 6.40. The second-order valence-electron chi connectivity index (χ2n) is 8.58. The SMILES string of the molecule is CC(C)(CN=[N+]=NC(=O)c1cc(F)cc(-n2cnc(C(F)(F)F)c2)c1)c1nc(-c2ccc(F)cc2)cs1. The Hall–Kier alpha value is -4.09. The van der Waals surface area contributed by atoms with Crippen LogP contribution in [0.5, 0.6) is 0 Å². The number of benzene rings is 2. The van der Waals surface area contributed by atoms with Crippen molar-refractivity contribution in [2.75, 3.05) is 6.54 Å². The predicted octanol–water partition coefficient (Wildman–Crippen LogP) is 6.38. The first-order chi connectivity index (χ1) is 17.4. The van der Waals surface area contributed by atoms with Crippen LogP contribution in [0.25, 0.3) is 16.9 Å². The van der Waals surface area contributed by atoms with Crippen molar-refractivity contribution in [1.82, 2.24) is 19.4 Å². The van der Waals surface area contributed by atoms with Crippen LogP contribution in [0.4, 0.5) is 22.0 Å². The minimum Gasteiger partial charge on any atom is -0.306 e. The highest BCUT2D eigenvalue weighted by Gasteiger charge is 2.33. The largest absolute Gasteiger partial charge is 0.434 e. The molecule has 0 aliphatic carbocycles. The highest BCUT2D eigenvalue weighted by molar-refractivity contribution is 7.10. The van der Waals surface area contributed by atoms with E-state index < -0.39 is 29.0 Å². The summed E-state index contributed by atoms with van der Waals surface area (Å²) in [6.45, 7) is 3.88. The third-order valence-electron chi connectivity index (χ3n) is 5.19. The van der Waals surface area contributed by atoms with Crippen LogP contribution in [0.3, 0.4) is 0 Å². The zero-order valence-corrected chi connectivity index (χ0v) is 20.2. The fourth-order valence-corrected chi connectivity index (χ4v) is 4.15. The van der Waals surface area contributed by atoms with Gasteiger partial charge in [-0.2, -0.15) is 13.2 Å². The quantitative estimate of drug-likeness (QED) is 0.164. The summed E-state index contributed by atoms with van der Waals surface area (Å²) in [5.41, 5.74) is -0.529. The molecule has 0 aliphatic heterocycles. The molecule has 1 amide bonds. The Morgan fingerprint density at radius 1 is 1.08 bits per heavy atom. The molecule has 2 aromatic carbocycles. The predicted molar refractivity (Wildman–Crippen MR) is 125 cm³/mol. The van der Waals surface area contributed by atoms with E-state index in [1.165, 1.54) is 29.5 Å². The first kappa shape index (κ1) is 26.0. The van der Waals surface area contributed by atoms with Gasteiger partial charge in [-0.25, -0.2) is 18.7 Å². The van der Waals surface area contributed by atoms with E-state index in [9.17, 15) is 26.7 Å². The molecule has 0 atom stereocenters. The van der Waals surface area contributed by atoms with Crippen LogP contribution in [0, 0.1) is 11.6 Å². The van der Waals surface area contributed by atoms with Crippen molar-refractivity contribution in [2.24, 2.45) is 10.2 Å². The molecule has 4 aromatic rings. The molecule has 190 valence electrons. The van der Waals surface area contributed by atoms with Crippen molar-refractivity contribution < 1.29 is 26.7 Å². The standard InChI is InChI=1S/C24H18F5N6OS/c1-23(2,22-32-19(11-37-22)14-3-5-16(25)6-4-14)12-31-34-33-21(36)15-7-17(26)9-18(8-15)35-10-20(30-13-35)24(27,28)29/h3-11,13H,12H2,1-2H3/q+1. The molecule has 13 heteroatoms. The van der Waals surface area contributed by atoms with Crippen LogP contribution < -0.4 is 4.91 Å². The molecule has 7 nitrogen and oxygen atoms in total. The smallest absolute Gasteiger partial charge is 0.306 e. The zero-order chi connectivity index (χ0) is 26.8. The Morgan fingerprint density at radius 2 is 1.81 bits per heavy atom. The van der Waals surface area contributed by atoms with Crippen LogP contribution >= 0.6 is 11.3 Å². The number of halogens is 5. The fraction of sp³-hybridized carbons (Fsp3) is 0.208. The summed E-state index contributed by atoms with van der Waals surface area (Å²) in [5.74, 6) is -2.12.